The number of nitrogens with zero attached hydrogens (tertiary/aromatic N) is 2. The van der Waals surface area contributed by atoms with Crippen molar-refractivity contribution in [2.24, 2.45) is 0 Å². The Morgan fingerprint density at radius 2 is 1.82 bits per heavy atom. The van der Waals surface area contributed by atoms with E-state index in [9.17, 15) is 9.59 Å². The first-order valence-corrected chi connectivity index (χ1v) is 13.0. The zero-order valence-electron chi connectivity index (χ0n) is 21.9. The van der Waals surface area contributed by atoms with E-state index in [0.717, 1.165) is 22.3 Å². The molecule has 200 valence electrons. The van der Waals surface area contributed by atoms with Crippen molar-refractivity contribution in [1.29, 1.82) is 0 Å². The molecule has 0 aliphatic carbocycles. The molecule has 5 aromatic rings. The number of oxazole rings is 1. The molecule has 1 unspecified atom stereocenters. The third-order valence-electron chi connectivity index (χ3n) is 6.91. The van der Waals surface area contributed by atoms with E-state index in [0.29, 0.717) is 30.2 Å². The number of anilines is 1. The van der Waals surface area contributed by atoms with Crippen LogP contribution in [-0.4, -0.2) is 28.2 Å². The maximum absolute atomic E-state index is 13.4. The van der Waals surface area contributed by atoms with Gasteiger partial charge >= 0.3 is 0 Å². The molecule has 8 heteroatoms. The summed E-state index contributed by atoms with van der Waals surface area (Å²) in [6, 6.07) is 26.4. The molecule has 6 rings (SSSR count). The summed E-state index contributed by atoms with van der Waals surface area (Å²) < 4.78 is 16.9. The summed E-state index contributed by atoms with van der Waals surface area (Å²) in [6.45, 7) is 2.59. The SMILES string of the molecule is Cc1ccc(NC(=O)c2coc(COc3ccc4c(c3)C(c3ccccc3)N(C(=O)c3ccco3)CC4)n2)cc1. The van der Waals surface area contributed by atoms with Crippen LogP contribution in [0.15, 0.2) is 106 Å². The van der Waals surface area contributed by atoms with Crippen LogP contribution < -0.4 is 10.1 Å². The number of carbonyl (C=O) groups is 2. The number of aromatic nitrogens is 1. The highest BCUT2D eigenvalue weighted by Gasteiger charge is 2.34. The summed E-state index contributed by atoms with van der Waals surface area (Å²) in [6.07, 6.45) is 3.54. The third kappa shape index (κ3) is 5.24. The maximum Gasteiger partial charge on any atom is 0.290 e. The first-order valence-electron chi connectivity index (χ1n) is 13.0. The first kappa shape index (κ1) is 25.2. The van der Waals surface area contributed by atoms with Crippen LogP contribution in [0.4, 0.5) is 5.69 Å². The van der Waals surface area contributed by atoms with E-state index in [1.54, 1.807) is 12.1 Å². The predicted molar refractivity (Wildman–Crippen MR) is 148 cm³/mol. The van der Waals surface area contributed by atoms with Crippen molar-refractivity contribution < 1.29 is 23.2 Å². The molecule has 8 nitrogen and oxygen atoms in total. The van der Waals surface area contributed by atoms with Gasteiger partial charge in [0.2, 0.25) is 5.89 Å². The Kier molecular flexibility index (Phi) is 6.89. The van der Waals surface area contributed by atoms with E-state index < -0.39 is 0 Å². The van der Waals surface area contributed by atoms with E-state index in [4.69, 9.17) is 13.6 Å². The summed E-state index contributed by atoms with van der Waals surface area (Å²) in [4.78, 5) is 32.1. The summed E-state index contributed by atoms with van der Waals surface area (Å²) in [5.74, 6) is 0.673. The normalized spacial score (nSPS) is 14.4. The molecule has 1 aliphatic rings. The lowest BCUT2D eigenvalue weighted by Crippen LogP contribution is -2.40. The van der Waals surface area contributed by atoms with Gasteiger partial charge in [-0.2, -0.15) is 0 Å². The van der Waals surface area contributed by atoms with Gasteiger partial charge in [-0.3, -0.25) is 9.59 Å². The van der Waals surface area contributed by atoms with E-state index >= 15 is 0 Å². The van der Waals surface area contributed by atoms with Crippen LogP contribution in [0, 0.1) is 6.92 Å². The number of ether oxygens (including phenoxy) is 1. The van der Waals surface area contributed by atoms with Crippen LogP contribution in [0.3, 0.4) is 0 Å². The number of furan rings is 1. The molecule has 0 spiro atoms. The molecule has 3 heterocycles. The highest BCUT2D eigenvalue weighted by molar-refractivity contribution is 6.02. The van der Waals surface area contributed by atoms with Gasteiger partial charge in [0.25, 0.3) is 11.8 Å². The van der Waals surface area contributed by atoms with Gasteiger partial charge in [0.05, 0.1) is 12.3 Å². The Balaban J connectivity index is 1.20. The lowest BCUT2D eigenvalue weighted by molar-refractivity contribution is 0.0661. The third-order valence-corrected chi connectivity index (χ3v) is 6.91. The van der Waals surface area contributed by atoms with Gasteiger partial charge in [-0.15, -0.1) is 0 Å². The summed E-state index contributed by atoms with van der Waals surface area (Å²) in [5, 5.41) is 2.81. The summed E-state index contributed by atoms with van der Waals surface area (Å²) in [7, 11) is 0. The number of amides is 2. The minimum Gasteiger partial charge on any atom is -0.484 e. The van der Waals surface area contributed by atoms with E-state index in [2.05, 4.69) is 10.3 Å². The Morgan fingerprint density at radius 1 is 1.00 bits per heavy atom. The van der Waals surface area contributed by atoms with E-state index in [-0.39, 0.29) is 36.0 Å². The zero-order chi connectivity index (χ0) is 27.5. The second-order valence-electron chi connectivity index (χ2n) is 9.63. The number of fused-ring (bicyclic) bond motifs is 1. The van der Waals surface area contributed by atoms with Gasteiger partial charge in [-0.1, -0.05) is 54.1 Å². The van der Waals surface area contributed by atoms with Crippen LogP contribution >= 0.6 is 0 Å². The predicted octanol–water partition coefficient (Wildman–Crippen LogP) is 6.20. The molecular weight excluding hydrogens is 506 g/mol. The van der Waals surface area contributed by atoms with Crippen LogP contribution in [0.5, 0.6) is 5.75 Å². The van der Waals surface area contributed by atoms with Crippen molar-refractivity contribution in [1.82, 2.24) is 9.88 Å². The lowest BCUT2D eigenvalue weighted by Gasteiger charge is -2.37. The number of benzene rings is 3. The Bertz CT molecular complexity index is 1630. The number of rotatable bonds is 7. The molecule has 1 atom stereocenters. The maximum atomic E-state index is 13.4. The Hall–Kier alpha value is -5.11. The summed E-state index contributed by atoms with van der Waals surface area (Å²) >= 11 is 0. The average molecular weight is 534 g/mol. The quantitative estimate of drug-likeness (QED) is 0.268. The minimum atomic E-state index is -0.361. The fourth-order valence-corrected chi connectivity index (χ4v) is 4.90. The second-order valence-corrected chi connectivity index (χ2v) is 9.63. The van der Waals surface area contributed by atoms with Crippen LogP contribution in [0.2, 0.25) is 0 Å². The molecule has 3 aromatic carbocycles. The molecule has 2 amide bonds. The molecule has 0 saturated carbocycles. The average Bonchev–Trinajstić information content (AvgIpc) is 3.70. The minimum absolute atomic E-state index is 0.0433. The Labute approximate surface area is 231 Å². The molecule has 0 radical (unpaired) electrons. The van der Waals surface area contributed by atoms with Crippen molar-refractivity contribution >= 4 is 17.5 Å². The van der Waals surface area contributed by atoms with Crippen LogP contribution in [0.1, 0.15) is 55.2 Å². The molecule has 1 N–H and O–H groups in total. The molecule has 0 saturated heterocycles. The summed E-state index contributed by atoms with van der Waals surface area (Å²) in [5.41, 5.74) is 5.08. The fraction of sp³-hybridized carbons (Fsp3) is 0.156. The molecule has 1 aliphatic heterocycles. The van der Waals surface area contributed by atoms with Crippen molar-refractivity contribution in [3.63, 3.8) is 0 Å². The molecule has 0 bridgehead atoms. The largest absolute Gasteiger partial charge is 0.484 e. The van der Waals surface area contributed by atoms with Crippen LogP contribution in [0.25, 0.3) is 0 Å². The Morgan fingerprint density at radius 3 is 2.60 bits per heavy atom. The first-order chi connectivity index (χ1) is 19.5. The zero-order valence-corrected chi connectivity index (χ0v) is 21.9. The number of hydrogen-bond donors (Lipinski definition) is 1. The number of aryl methyl sites for hydroxylation is 1. The molecular formula is C32H27N3O5. The number of nitrogens with one attached hydrogen (secondary N) is 1. The lowest BCUT2D eigenvalue weighted by atomic mass is 9.87. The van der Waals surface area contributed by atoms with Crippen molar-refractivity contribution in [3.05, 3.63) is 137 Å². The van der Waals surface area contributed by atoms with Crippen molar-refractivity contribution in [2.75, 3.05) is 11.9 Å². The highest BCUT2D eigenvalue weighted by Crippen LogP contribution is 2.38. The topological polar surface area (TPSA) is 97.8 Å². The number of carbonyl (C=O) groups excluding carboxylic acids is 2. The van der Waals surface area contributed by atoms with Crippen molar-refractivity contribution in [3.8, 4) is 5.75 Å². The fourth-order valence-electron chi connectivity index (χ4n) is 4.90. The molecule has 40 heavy (non-hydrogen) atoms. The van der Waals surface area contributed by atoms with Gasteiger partial charge in [0.1, 0.15) is 12.0 Å². The van der Waals surface area contributed by atoms with Crippen molar-refractivity contribution in [2.45, 2.75) is 26.0 Å². The molecule has 0 fully saturated rings. The standard InChI is InChI=1S/C32H27N3O5/c1-21-9-12-24(13-10-21)33-31(36)27-19-40-29(34-27)20-39-25-14-11-22-15-16-35(32(37)28-8-5-17-38-28)30(26(22)18-25)23-6-3-2-4-7-23/h2-14,17-19,30H,15-16,20H2,1H3,(H,33,36). The van der Waals surface area contributed by atoms with Gasteiger partial charge in [-0.25, -0.2) is 4.98 Å². The molecule has 2 aromatic heterocycles. The van der Waals surface area contributed by atoms with Gasteiger partial charge in [-0.05, 0) is 66.4 Å². The van der Waals surface area contributed by atoms with Gasteiger partial charge < -0.3 is 23.8 Å². The van der Waals surface area contributed by atoms with E-state index in [1.165, 1.54) is 12.5 Å². The highest BCUT2D eigenvalue weighted by atomic mass is 16.5. The smallest absolute Gasteiger partial charge is 0.290 e. The van der Waals surface area contributed by atoms with Crippen LogP contribution in [-0.2, 0) is 13.0 Å². The van der Waals surface area contributed by atoms with Gasteiger partial charge in [0.15, 0.2) is 18.1 Å². The number of hydrogen-bond acceptors (Lipinski definition) is 6. The van der Waals surface area contributed by atoms with E-state index in [1.807, 2.05) is 84.6 Å². The second kappa shape index (κ2) is 10.9. The monoisotopic (exact) mass is 533 g/mol. The van der Waals surface area contributed by atoms with Gasteiger partial charge in [0, 0.05) is 12.2 Å².